The Balaban J connectivity index is 0.910. The van der Waals surface area contributed by atoms with Gasteiger partial charge in [-0.05, 0) is 129 Å². The SMILES string of the molecule is CC(C)[C@@H](OC(=O)N1CCC1)[C@H]1C[C@@H](C)[C@H]2[C@H](O1)[C@H](O)[C@@]1(C)[C@@H]3CC[C@H]4C(C)(C)[C@@H](O[C@H]5CN(C(=O)CN6CCC6)CCO5)CCC45CC35CC[C@]21C. The fraction of sp³-hybridized carbons (Fsp3) is 0.953. The third-order valence-electron chi connectivity index (χ3n) is 18.2. The molecule has 0 bridgehead atoms. The molecule has 14 atom stereocenters. The zero-order valence-electron chi connectivity index (χ0n) is 33.8. The molecule has 9 aliphatic rings. The number of likely N-dealkylation sites (tertiary alicyclic amines) is 2. The minimum Gasteiger partial charge on any atom is -0.443 e. The summed E-state index contributed by atoms with van der Waals surface area (Å²) < 4.78 is 26.3. The fourth-order valence-corrected chi connectivity index (χ4v) is 15.0. The summed E-state index contributed by atoms with van der Waals surface area (Å²) in [5.41, 5.74) is 0.306. The molecule has 5 saturated carbocycles. The number of fused-ring (bicyclic) bond motifs is 4. The fourth-order valence-electron chi connectivity index (χ4n) is 15.0. The number of carbonyl (C=O) groups excluding carboxylic acids is 2. The molecule has 4 aliphatic heterocycles. The summed E-state index contributed by atoms with van der Waals surface area (Å²) in [5, 5.41) is 12.7. The van der Waals surface area contributed by atoms with E-state index in [1.54, 1.807) is 4.90 Å². The first-order valence-corrected chi connectivity index (χ1v) is 21.7. The average molecular weight is 740 g/mol. The Kier molecular flexibility index (Phi) is 8.95. The lowest BCUT2D eigenvalue weighted by atomic mass is 9.41. The summed E-state index contributed by atoms with van der Waals surface area (Å²) in [4.78, 5) is 32.0. The minimum absolute atomic E-state index is 0.00583. The summed E-state index contributed by atoms with van der Waals surface area (Å²) in [6.07, 6.45) is 9.49. The van der Waals surface area contributed by atoms with Gasteiger partial charge in [-0.1, -0.05) is 48.5 Å². The lowest BCUT2D eigenvalue weighted by Crippen LogP contribution is -2.60. The lowest BCUT2D eigenvalue weighted by molar-refractivity contribution is -0.248. The van der Waals surface area contributed by atoms with Gasteiger partial charge in [0, 0.05) is 25.0 Å². The van der Waals surface area contributed by atoms with Gasteiger partial charge in [0.25, 0.3) is 0 Å². The van der Waals surface area contributed by atoms with Crippen molar-refractivity contribution in [2.75, 3.05) is 52.4 Å². The van der Waals surface area contributed by atoms with E-state index in [0.717, 1.165) is 58.3 Å². The van der Waals surface area contributed by atoms with E-state index in [1.807, 2.05) is 4.90 Å². The molecular formula is C43H69N3O7. The number of amides is 2. The maximum Gasteiger partial charge on any atom is 0.410 e. The first-order chi connectivity index (χ1) is 25.2. The molecule has 0 radical (unpaired) electrons. The first kappa shape index (κ1) is 37.1. The Morgan fingerprint density at radius 3 is 2.30 bits per heavy atom. The van der Waals surface area contributed by atoms with E-state index in [2.05, 4.69) is 53.4 Å². The zero-order valence-corrected chi connectivity index (χ0v) is 33.8. The molecule has 5 aliphatic carbocycles. The van der Waals surface area contributed by atoms with E-state index in [1.165, 1.54) is 32.1 Å². The topological polar surface area (TPSA) is 101 Å². The van der Waals surface area contributed by atoms with Crippen LogP contribution in [0, 0.1) is 56.7 Å². The van der Waals surface area contributed by atoms with Crippen molar-refractivity contribution in [3.05, 3.63) is 0 Å². The van der Waals surface area contributed by atoms with Crippen molar-refractivity contribution in [1.29, 1.82) is 0 Å². The molecule has 53 heavy (non-hydrogen) atoms. The highest BCUT2D eigenvalue weighted by atomic mass is 16.7. The molecule has 4 heterocycles. The smallest absolute Gasteiger partial charge is 0.410 e. The summed E-state index contributed by atoms with van der Waals surface area (Å²) in [6.45, 7) is 22.3. The zero-order chi connectivity index (χ0) is 37.3. The van der Waals surface area contributed by atoms with Gasteiger partial charge in [-0.25, -0.2) is 4.79 Å². The van der Waals surface area contributed by atoms with Crippen LogP contribution in [-0.2, 0) is 23.7 Å². The minimum atomic E-state index is -0.541. The summed E-state index contributed by atoms with van der Waals surface area (Å²) >= 11 is 0. The second-order valence-electron chi connectivity index (χ2n) is 20.9. The Hall–Kier alpha value is -1.46. The molecule has 1 N–H and O–H groups in total. The number of aliphatic hydroxyl groups excluding tert-OH is 1. The largest absolute Gasteiger partial charge is 0.443 e. The van der Waals surface area contributed by atoms with Crippen molar-refractivity contribution >= 4 is 12.0 Å². The number of nitrogens with zero attached hydrogens (tertiary/aromatic N) is 3. The highest BCUT2D eigenvalue weighted by Gasteiger charge is 2.84. The quantitative estimate of drug-likeness (QED) is 0.343. The van der Waals surface area contributed by atoms with Crippen LogP contribution in [0.3, 0.4) is 0 Å². The second-order valence-corrected chi connectivity index (χ2v) is 20.9. The van der Waals surface area contributed by atoms with E-state index < -0.39 is 6.10 Å². The van der Waals surface area contributed by atoms with Crippen LogP contribution in [-0.4, -0.2) is 121 Å². The van der Waals surface area contributed by atoms with Crippen molar-refractivity contribution < 1.29 is 33.6 Å². The third kappa shape index (κ3) is 5.25. The van der Waals surface area contributed by atoms with Gasteiger partial charge >= 0.3 is 6.09 Å². The van der Waals surface area contributed by atoms with Crippen LogP contribution < -0.4 is 0 Å². The van der Waals surface area contributed by atoms with Crippen LogP contribution in [0.5, 0.6) is 0 Å². The number of ether oxygens (including phenoxy) is 4. The van der Waals surface area contributed by atoms with Crippen LogP contribution in [0.4, 0.5) is 4.79 Å². The molecular weight excluding hydrogens is 670 g/mol. The van der Waals surface area contributed by atoms with Crippen molar-refractivity contribution in [2.45, 2.75) is 149 Å². The predicted octanol–water partition coefficient (Wildman–Crippen LogP) is 5.94. The molecule has 0 aromatic rings. The standard InChI is InChI=1S/C43H69N3O7/c1-26(2)35(53-38(49)45-18-9-19-45)28-22-27(3)34-36(51-28)37(48)41(7)30-11-10-29-39(4,5)31(12-13-42(29)25-43(30,42)15-14-40(34,41)6)52-33-24-46(20-21-50-33)32(47)23-44-16-8-17-44/h26-31,33-37,48H,8-25H2,1-7H3/t27-,28-,29+,30+,31+,33+,34+,35-,36+,37+,40-,41-,42?,43?/m1/s1. The summed E-state index contributed by atoms with van der Waals surface area (Å²) in [6, 6.07) is 0. The predicted molar refractivity (Wildman–Crippen MR) is 200 cm³/mol. The van der Waals surface area contributed by atoms with Gasteiger partial charge in [-0.3, -0.25) is 9.69 Å². The van der Waals surface area contributed by atoms with Crippen LogP contribution in [0.15, 0.2) is 0 Å². The van der Waals surface area contributed by atoms with Gasteiger partial charge in [0.15, 0.2) is 6.29 Å². The summed E-state index contributed by atoms with van der Waals surface area (Å²) in [7, 11) is 0. The molecule has 0 aromatic carbocycles. The molecule has 0 aromatic heterocycles. The van der Waals surface area contributed by atoms with Gasteiger partial charge in [0.2, 0.25) is 5.91 Å². The number of rotatable bonds is 7. The molecule has 10 heteroatoms. The van der Waals surface area contributed by atoms with Crippen LogP contribution in [0.1, 0.15) is 113 Å². The van der Waals surface area contributed by atoms with Crippen molar-refractivity contribution in [3.63, 3.8) is 0 Å². The van der Waals surface area contributed by atoms with Crippen LogP contribution in [0.25, 0.3) is 0 Å². The van der Waals surface area contributed by atoms with E-state index in [0.29, 0.717) is 49.4 Å². The number of carbonyl (C=O) groups is 2. The molecule has 4 saturated heterocycles. The monoisotopic (exact) mass is 740 g/mol. The number of hydrogen-bond acceptors (Lipinski definition) is 8. The Labute approximate surface area is 318 Å². The average Bonchev–Trinajstić information content (AvgIpc) is 3.70. The molecule has 9 fully saturated rings. The lowest BCUT2D eigenvalue weighted by Gasteiger charge is -2.64. The van der Waals surface area contributed by atoms with Crippen molar-refractivity contribution in [3.8, 4) is 0 Å². The Bertz CT molecular complexity index is 1450. The van der Waals surface area contributed by atoms with Gasteiger partial charge in [0.05, 0.1) is 44.1 Å². The van der Waals surface area contributed by atoms with Crippen LogP contribution >= 0.6 is 0 Å². The van der Waals surface area contributed by atoms with Crippen LogP contribution in [0.2, 0.25) is 0 Å². The van der Waals surface area contributed by atoms with Crippen molar-refractivity contribution in [2.24, 2.45) is 56.7 Å². The molecule has 2 amide bonds. The van der Waals surface area contributed by atoms with Gasteiger partial charge < -0.3 is 33.9 Å². The van der Waals surface area contributed by atoms with E-state index >= 15 is 0 Å². The first-order valence-electron chi connectivity index (χ1n) is 21.7. The Morgan fingerprint density at radius 2 is 1.62 bits per heavy atom. The van der Waals surface area contributed by atoms with Gasteiger partial charge in [-0.2, -0.15) is 0 Å². The van der Waals surface area contributed by atoms with E-state index in [9.17, 15) is 14.7 Å². The van der Waals surface area contributed by atoms with E-state index in [4.69, 9.17) is 18.9 Å². The molecule has 9 rings (SSSR count). The summed E-state index contributed by atoms with van der Waals surface area (Å²) in [5.74, 6) is 2.03. The molecule has 2 spiro atoms. The molecule has 10 nitrogen and oxygen atoms in total. The highest BCUT2D eigenvalue weighted by Crippen LogP contribution is 2.89. The molecule has 298 valence electrons. The normalized spacial score (nSPS) is 49.0. The maximum absolute atomic E-state index is 13.1. The van der Waals surface area contributed by atoms with E-state index in [-0.39, 0.29) is 76.2 Å². The highest BCUT2D eigenvalue weighted by molar-refractivity contribution is 5.78. The number of hydrogen-bond donors (Lipinski definition) is 1. The Morgan fingerprint density at radius 1 is 0.906 bits per heavy atom. The second kappa shape index (κ2) is 12.8. The van der Waals surface area contributed by atoms with Gasteiger partial charge in [0.1, 0.15) is 6.10 Å². The maximum atomic E-state index is 13.1. The number of aliphatic hydroxyl groups is 1. The van der Waals surface area contributed by atoms with Gasteiger partial charge in [-0.15, -0.1) is 0 Å². The molecule has 2 unspecified atom stereocenters. The van der Waals surface area contributed by atoms with Crippen molar-refractivity contribution in [1.82, 2.24) is 14.7 Å². The third-order valence-corrected chi connectivity index (χ3v) is 18.2. The number of morpholine rings is 1.